The van der Waals surface area contributed by atoms with Crippen LogP contribution in [0.25, 0.3) is 0 Å². The van der Waals surface area contributed by atoms with Crippen LogP contribution in [-0.2, 0) is 6.54 Å². The molecule has 0 unspecified atom stereocenters. The van der Waals surface area contributed by atoms with Crippen LogP contribution in [0.4, 0.5) is 5.13 Å². The van der Waals surface area contributed by atoms with E-state index < -0.39 is 0 Å². The average Bonchev–Trinajstić information content (AvgIpc) is 2.93. The quantitative estimate of drug-likeness (QED) is 0.906. The maximum absolute atomic E-state index is 8.72. The van der Waals surface area contributed by atoms with E-state index in [0.717, 1.165) is 24.8 Å². The Balaban J connectivity index is 1.46. The Morgan fingerprint density at radius 3 is 2.90 bits per heavy atom. The van der Waals surface area contributed by atoms with Gasteiger partial charge >= 0.3 is 0 Å². The van der Waals surface area contributed by atoms with Crippen LogP contribution in [0.2, 0.25) is 0 Å². The van der Waals surface area contributed by atoms with Crippen LogP contribution in [0.15, 0.2) is 24.5 Å². The molecule has 1 saturated heterocycles. The van der Waals surface area contributed by atoms with Crippen LogP contribution in [0, 0.1) is 11.3 Å². The predicted molar refractivity (Wildman–Crippen MR) is 80.3 cm³/mol. The van der Waals surface area contributed by atoms with Crippen molar-refractivity contribution >= 4 is 16.5 Å². The molecule has 0 spiro atoms. The molecule has 0 bridgehead atoms. The van der Waals surface area contributed by atoms with Crippen LogP contribution in [-0.4, -0.2) is 41.1 Å². The van der Waals surface area contributed by atoms with E-state index in [0.29, 0.717) is 11.4 Å². The van der Waals surface area contributed by atoms with Gasteiger partial charge in [0.25, 0.3) is 0 Å². The molecule has 0 radical (unpaired) electrons. The zero-order valence-corrected chi connectivity index (χ0v) is 12.4. The fourth-order valence-corrected chi connectivity index (χ4v) is 2.94. The molecule has 0 amide bonds. The first-order valence-electron chi connectivity index (χ1n) is 6.64. The molecule has 3 heterocycles. The van der Waals surface area contributed by atoms with Gasteiger partial charge in [-0.1, -0.05) is 0 Å². The molecule has 6 nitrogen and oxygen atoms in total. The summed E-state index contributed by atoms with van der Waals surface area (Å²) in [6, 6.07) is 5.50. The van der Waals surface area contributed by atoms with Crippen molar-refractivity contribution in [2.45, 2.75) is 12.6 Å². The van der Waals surface area contributed by atoms with Crippen LogP contribution in [0.3, 0.4) is 0 Å². The highest BCUT2D eigenvalue weighted by Crippen LogP contribution is 2.23. The van der Waals surface area contributed by atoms with E-state index in [1.807, 2.05) is 19.3 Å². The highest BCUT2D eigenvalue weighted by atomic mass is 32.1. The van der Waals surface area contributed by atoms with E-state index in [2.05, 4.69) is 20.2 Å². The molecule has 1 fully saturated rings. The van der Waals surface area contributed by atoms with E-state index in [-0.39, 0.29) is 6.10 Å². The minimum absolute atomic E-state index is 0.169. The number of anilines is 1. The van der Waals surface area contributed by atoms with Gasteiger partial charge in [-0.3, -0.25) is 4.90 Å². The third-order valence-corrected chi connectivity index (χ3v) is 4.22. The summed E-state index contributed by atoms with van der Waals surface area (Å²) in [6.07, 6.45) is 3.61. The third kappa shape index (κ3) is 3.29. The van der Waals surface area contributed by atoms with Crippen molar-refractivity contribution in [2.24, 2.45) is 0 Å². The molecule has 7 heteroatoms. The summed E-state index contributed by atoms with van der Waals surface area (Å²) in [6.45, 7) is 2.67. The lowest BCUT2D eigenvalue weighted by Gasteiger charge is -2.38. The summed E-state index contributed by atoms with van der Waals surface area (Å²) >= 11 is 1.67. The van der Waals surface area contributed by atoms with E-state index in [1.165, 1.54) is 11.1 Å². The maximum Gasteiger partial charge on any atom is 0.213 e. The van der Waals surface area contributed by atoms with Crippen molar-refractivity contribution in [3.8, 4) is 11.9 Å². The van der Waals surface area contributed by atoms with E-state index in [1.54, 1.807) is 23.5 Å². The first-order valence-corrected chi connectivity index (χ1v) is 7.46. The summed E-state index contributed by atoms with van der Waals surface area (Å²) in [5.74, 6) is 0.578. The molecule has 1 aliphatic heterocycles. The minimum atomic E-state index is 0.169. The van der Waals surface area contributed by atoms with Crippen LogP contribution in [0.5, 0.6) is 5.88 Å². The molecule has 2 aromatic heterocycles. The monoisotopic (exact) mass is 301 g/mol. The predicted octanol–water partition coefficient (Wildman–Crippen LogP) is 1.71. The molecular weight excluding hydrogens is 286 g/mol. The van der Waals surface area contributed by atoms with Crippen molar-refractivity contribution in [2.75, 3.05) is 25.5 Å². The molecule has 0 saturated carbocycles. The van der Waals surface area contributed by atoms with Crippen molar-refractivity contribution in [1.29, 1.82) is 5.26 Å². The largest absolute Gasteiger partial charge is 0.472 e. The lowest BCUT2D eigenvalue weighted by Crippen LogP contribution is -2.53. The fourth-order valence-electron chi connectivity index (χ4n) is 2.13. The van der Waals surface area contributed by atoms with Crippen molar-refractivity contribution in [3.05, 3.63) is 35.0 Å². The summed E-state index contributed by atoms with van der Waals surface area (Å²) < 4.78 is 5.76. The minimum Gasteiger partial charge on any atom is -0.472 e. The van der Waals surface area contributed by atoms with Gasteiger partial charge < -0.3 is 10.1 Å². The van der Waals surface area contributed by atoms with Gasteiger partial charge in [-0.2, -0.15) is 5.26 Å². The normalized spacial score (nSPS) is 15.2. The Kier molecular flexibility index (Phi) is 3.99. The summed E-state index contributed by atoms with van der Waals surface area (Å²) in [4.78, 5) is 11.9. The van der Waals surface area contributed by atoms with Gasteiger partial charge in [0.2, 0.25) is 5.88 Å². The molecule has 0 aromatic carbocycles. The number of nitrogens with zero attached hydrogens (tertiary/aromatic N) is 4. The summed E-state index contributed by atoms with van der Waals surface area (Å²) in [7, 11) is 1.88. The molecule has 1 aliphatic rings. The number of ether oxygens (including phenoxy) is 1. The van der Waals surface area contributed by atoms with E-state index in [4.69, 9.17) is 10.00 Å². The highest BCUT2D eigenvalue weighted by molar-refractivity contribution is 7.15. The highest BCUT2D eigenvalue weighted by Gasteiger charge is 2.29. The van der Waals surface area contributed by atoms with Crippen molar-refractivity contribution < 1.29 is 4.74 Å². The van der Waals surface area contributed by atoms with E-state index in [9.17, 15) is 0 Å². The lowest BCUT2D eigenvalue weighted by molar-refractivity contribution is 0.0124. The zero-order chi connectivity index (χ0) is 14.7. The molecule has 108 valence electrons. The van der Waals surface area contributed by atoms with Crippen LogP contribution in [0.1, 0.15) is 10.4 Å². The topological polar surface area (TPSA) is 74.1 Å². The molecular formula is C14H15N5OS. The first kappa shape index (κ1) is 13.8. The van der Waals surface area contributed by atoms with Gasteiger partial charge in [0, 0.05) is 50.0 Å². The Morgan fingerprint density at radius 2 is 2.29 bits per heavy atom. The second-order valence-corrected chi connectivity index (χ2v) is 5.93. The molecule has 0 aliphatic carbocycles. The molecule has 0 atom stereocenters. The maximum atomic E-state index is 8.72. The van der Waals surface area contributed by atoms with E-state index >= 15 is 0 Å². The van der Waals surface area contributed by atoms with Gasteiger partial charge in [-0.25, -0.2) is 9.97 Å². The molecule has 2 aromatic rings. The van der Waals surface area contributed by atoms with Gasteiger partial charge in [0.05, 0.1) is 5.56 Å². The van der Waals surface area contributed by atoms with Crippen molar-refractivity contribution in [1.82, 2.24) is 14.9 Å². The summed E-state index contributed by atoms with van der Waals surface area (Å²) in [5, 5.41) is 12.7. The number of hydrogen-bond acceptors (Lipinski definition) is 7. The Hall–Kier alpha value is -2.17. The van der Waals surface area contributed by atoms with Crippen LogP contribution < -0.4 is 10.1 Å². The second kappa shape index (κ2) is 6.08. The standard InChI is InChI=1S/C14H15N5OS/c1-16-14-18-6-12(21-14)9-19-7-11(8-19)20-13-3-2-10(4-15)5-17-13/h2-3,5-6,11H,7-9H2,1H3,(H,16,18). The third-order valence-electron chi connectivity index (χ3n) is 3.22. The number of aromatic nitrogens is 2. The van der Waals surface area contributed by atoms with Gasteiger partial charge in [0.15, 0.2) is 5.13 Å². The Labute approximate surface area is 127 Å². The Bertz CT molecular complexity index is 642. The molecule has 21 heavy (non-hydrogen) atoms. The first-order chi connectivity index (χ1) is 10.3. The second-order valence-electron chi connectivity index (χ2n) is 4.81. The number of nitriles is 1. The lowest BCUT2D eigenvalue weighted by atomic mass is 10.1. The Morgan fingerprint density at radius 1 is 1.43 bits per heavy atom. The smallest absolute Gasteiger partial charge is 0.213 e. The van der Waals surface area contributed by atoms with Gasteiger partial charge in [-0.05, 0) is 6.07 Å². The average molecular weight is 301 g/mol. The number of rotatable bonds is 5. The SMILES string of the molecule is CNc1ncc(CN2CC(Oc3ccc(C#N)cn3)C2)s1. The van der Waals surface area contributed by atoms with Crippen molar-refractivity contribution in [3.63, 3.8) is 0 Å². The van der Waals surface area contributed by atoms with Crippen LogP contribution >= 0.6 is 11.3 Å². The zero-order valence-electron chi connectivity index (χ0n) is 11.6. The molecule has 1 N–H and O–H groups in total. The van der Waals surface area contributed by atoms with Gasteiger partial charge in [-0.15, -0.1) is 11.3 Å². The number of likely N-dealkylation sites (tertiary alicyclic amines) is 1. The summed E-state index contributed by atoms with van der Waals surface area (Å²) in [5.41, 5.74) is 0.545. The molecule has 3 rings (SSSR count). The number of nitrogens with one attached hydrogen (secondary N) is 1. The van der Waals surface area contributed by atoms with Gasteiger partial charge in [0.1, 0.15) is 12.2 Å². The number of thiazole rings is 1. The number of pyridine rings is 1. The number of hydrogen-bond donors (Lipinski definition) is 1. The fraction of sp³-hybridized carbons (Fsp3) is 0.357.